The Labute approximate surface area is 135 Å². The van der Waals surface area contributed by atoms with Crippen LogP contribution in [0.5, 0.6) is 5.75 Å². The summed E-state index contributed by atoms with van der Waals surface area (Å²) >= 11 is 0. The lowest BCUT2D eigenvalue weighted by Crippen LogP contribution is -2.05. The van der Waals surface area contributed by atoms with Crippen LogP contribution >= 0.6 is 0 Å². The van der Waals surface area contributed by atoms with E-state index in [1.807, 2.05) is 28.9 Å². The van der Waals surface area contributed by atoms with Gasteiger partial charge >= 0.3 is 0 Å². The van der Waals surface area contributed by atoms with Crippen LogP contribution < -0.4 is 4.74 Å². The highest BCUT2D eigenvalue weighted by molar-refractivity contribution is 5.63. The van der Waals surface area contributed by atoms with Crippen molar-refractivity contribution in [2.75, 3.05) is 7.11 Å². The van der Waals surface area contributed by atoms with E-state index < -0.39 is 0 Å². The Balaban J connectivity index is 2.01. The summed E-state index contributed by atoms with van der Waals surface area (Å²) < 4.78 is 7.10. The molecule has 23 heavy (non-hydrogen) atoms. The summed E-state index contributed by atoms with van der Waals surface area (Å²) in [6.07, 6.45) is 0. The van der Waals surface area contributed by atoms with Crippen LogP contribution in [-0.4, -0.2) is 27.2 Å². The molecule has 1 heterocycles. The Kier molecular flexibility index (Phi) is 4.39. The molecule has 5 heteroatoms. The number of aliphatic hydroxyl groups excluding tert-OH is 1. The quantitative estimate of drug-likeness (QED) is 0.787. The highest BCUT2D eigenvalue weighted by Gasteiger charge is 2.15. The van der Waals surface area contributed by atoms with E-state index in [4.69, 9.17) is 4.74 Å². The molecule has 0 atom stereocenters. The highest BCUT2D eigenvalue weighted by atomic mass is 16.5. The van der Waals surface area contributed by atoms with Gasteiger partial charge in [0.15, 0.2) is 0 Å². The van der Waals surface area contributed by atoms with Crippen LogP contribution in [0.4, 0.5) is 0 Å². The molecule has 0 aliphatic rings. The largest absolute Gasteiger partial charge is 0.497 e. The van der Waals surface area contributed by atoms with Crippen LogP contribution in [0.15, 0.2) is 48.5 Å². The lowest BCUT2D eigenvalue weighted by Gasteiger charge is -2.09. The summed E-state index contributed by atoms with van der Waals surface area (Å²) in [6, 6.07) is 16.0. The Morgan fingerprint density at radius 3 is 2.61 bits per heavy atom. The van der Waals surface area contributed by atoms with Crippen molar-refractivity contribution in [3.63, 3.8) is 0 Å². The Morgan fingerprint density at radius 1 is 1.13 bits per heavy atom. The minimum atomic E-state index is -0.152. The van der Waals surface area contributed by atoms with Gasteiger partial charge in [-0.25, -0.2) is 4.68 Å². The molecule has 2 aromatic carbocycles. The second kappa shape index (κ2) is 6.62. The van der Waals surface area contributed by atoms with Crippen molar-refractivity contribution in [3.05, 3.63) is 65.4 Å². The van der Waals surface area contributed by atoms with E-state index >= 15 is 0 Å². The highest BCUT2D eigenvalue weighted by Crippen LogP contribution is 2.26. The minimum absolute atomic E-state index is 0.152. The van der Waals surface area contributed by atoms with Crippen LogP contribution in [0.3, 0.4) is 0 Å². The number of rotatable bonds is 5. The molecule has 3 rings (SSSR count). The molecular formula is C18H19N3O2. The molecule has 0 fully saturated rings. The molecule has 0 saturated carbocycles. The van der Waals surface area contributed by atoms with Gasteiger partial charge in [-0.3, -0.25) is 0 Å². The molecule has 0 aliphatic carbocycles. The van der Waals surface area contributed by atoms with Gasteiger partial charge in [-0.2, -0.15) is 0 Å². The van der Waals surface area contributed by atoms with Gasteiger partial charge in [-0.15, -0.1) is 5.10 Å². The number of aliphatic hydroxyl groups is 1. The van der Waals surface area contributed by atoms with Gasteiger partial charge in [0.2, 0.25) is 0 Å². The summed E-state index contributed by atoms with van der Waals surface area (Å²) in [4.78, 5) is 0. The summed E-state index contributed by atoms with van der Waals surface area (Å²) in [5, 5.41) is 17.9. The molecule has 0 saturated heterocycles. The van der Waals surface area contributed by atoms with Crippen molar-refractivity contribution < 1.29 is 9.84 Å². The van der Waals surface area contributed by atoms with Gasteiger partial charge < -0.3 is 9.84 Å². The second-order valence-corrected chi connectivity index (χ2v) is 5.42. The molecule has 0 unspecified atom stereocenters. The van der Waals surface area contributed by atoms with E-state index in [0.717, 1.165) is 22.6 Å². The van der Waals surface area contributed by atoms with Gasteiger partial charge in [0.25, 0.3) is 0 Å². The van der Waals surface area contributed by atoms with Crippen LogP contribution in [0.1, 0.15) is 16.8 Å². The molecule has 1 N–H and O–H groups in total. The molecule has 1 aromatic heterocycles. The number of methoxy groups -OCH3 is 1. The first-order chi connectivity index (χ1) is 11.2. The zero-order valence-corrected chi connectivity index (χ0v) is 13.2. The first-order valence-corrected chi connectivity index (χ1v) is 7.44. The zero-order chi connectivity index (χ0) is 16.2. The van der Waals surface area contributed by atoms with Gasteiger partial charge in [0.1, 0.15) is 11.4 Å². The number of aryl methyl sites for hydroxylation is 1. The third kappa shape index (κ3) is 3.24. The fourth-order valence-electron chi connectivity index (χ4n) is 2.52. The maximum Gasteiger partial charge on any atom is 0.119 e. The standard InChI is InChI=1S/C18H19N3O2/c1-13-6-8-14(9-7-13)11-21-18(17(12-22)19-20-21)15-4-3-5-16(10-15)23-2/h3-10,22H,11-12H2,1-2H3. The first kappa shape index (κ1) is 15.2. The van der Waals surface area contributed by atoms with Gasteiger partial charge in [0.05, 0.1) is 26.0 Å². The number of hydrogen-bond donors (Lipinski definition) is 1. The van der Waals surface area contributed by atoms with Crippen molar-refractivity contribution in [2.45, 2.75) is 20.1 Å². The summed E-state index contributed by atoms with van der Waals surface area (Å²) in [5.41, 5.74) is 4.65. The fourth-order valence-corrected chi connectivity index (χ4v) is 2.52. The Morgan fingerprint density at radius 2 is 1.91 bits per heavy atom. The summed E-state index contributed by atoms with van der Waals surface area (Å²) in [6.45, 7) is 2.51. The van der Waals surface area contributed by atoms with Crippen LogP contribution in [-0.2, 0) is 13.2 Å². The summed E-state index contributed by atoms with van der Waals surface area (Å²) in [5.74, 6) is 0.759. The number of hydrogen-bond acceptors (Lipinski definition) is 4. The smallest absolute Gasteiger partial charge is 0.119 e. The van der Waals surface area contributed by atoms with Crippen LogP contribution in [0, 0.1) is 6.92 Å². The second-order valence-electron chi connectivity index (χ2n) is 5.42. The predicted octanol–water partition coefficient (Wildman–Crippen LogP) is 2.80. The predicted molar refractivity (Wildman–Crippen MR) is 88.2 cm³/mol. The molecule has 118 valence electrons. The SMILES string of the molecule is COc1cccc(-c2c(CO)nnn2Cc2ccc(C)cc2)c1. The molecular weight excluding hydrogens is 290 g/mol. The number of ether oxygens (including phenoxy) is 1. The normalized spacial score (nSPS) is 10.7. The van der Waals surface area contributed by atoms with Gasteiger partial charge in [0, 0.05) is 5.56 Å². The Bertz CT molecular complexity index is 794. The summed E-state index contributed by atoms with van der Waals surface area (Å²) in [7, 11) is 1.63. The molecule has 0 radical (unpaired) electrons. The van der Waals surface area contributed by atoms with Gasteiger partial charge in [-0.1, -0.05) is 47.2 Å². The lowest BCUT2D eigenvalue weighted by atomic mass is 10.1. The van der Waals surface area contributed by atoms with Crippen molar-refractivity contribution >= 4 is 0 Å². The maximum atomic E-state index is 9.57. The van der Waals surface area contributed by atoms with Crippen molar-refractivity contribution in [2.24, 2.45) is 0 Å². The molecule has 5 nitrogen and oxygen atoms in total. The van der Waals surface area contributed by atoms with Crippen molar-refractivity contribution in [1.29, 1.82) is 0 Å². The van der Waals surface area contributed by atoms with Crippen LogP contribution in [0.2, 0.25) is 0 Å². The number of aromatic nitrogens is 3. The van der Waals surface area contributed by atoms with Crippen molar-refractivity contribution in [3.8, 4) is 17.0 Å². The monoisotopic (exact) mass is 309 g/mol. The first-order valence-electron chi connectivity index (χ1n) is 7.44. The average Bonchev–Trinajstić information content (AvgIpc) is 2.99. The lowest BCUT2D eigenvalue weighted by molar-refractivity contribution is 0.277. The Hall–Kier alpha value is -2.66. The molecule has 0 amide bonds. The zero-order valence-electron chi connectivity index (χ0n) is 13.2. The fraction of sp³-hybridized carbons (Fsp3) is 0.222. The topological polar surface area (TPSA) is 60.2 Å². The van der Waals surface area contributed by atoms with Crippen molar-refractivity contribution in [1.82, 2.24) is 15.0 Å². The third-order valence-electron chi connectivity index (χ3n) is 3.75. The molecule has 0 bridgehead atoms. The van der Waals surface area contributed by atoms with E-state index in [9.17, 15) is 5.11 Å². The number of nitrogens with zero attached hydrogens (tertiary/aromatic N) is 3. The van der Waals surface area contributed by atoms with E-state index in [2.05, 4.69) is 41.5 Å². The average molecular weight is 309 g/mol. The van der Waals surface area contributed by atoms with E-state index in [0.29, 0.717) is 12.2 Å². The van der Waals surface area contributed by atoms with Crippen LogP contribution in [0.25, 0.3) is 11.3 Å². The van der Waals surface area contributed by atoms with E-state index in [-0.39, 0.29) is 6.61 Å². The molecule has 0 spiro atoms. The molecule has 0 aliphatic heterocycles. The number of benzene rings is 2. The third-order valence-corrected chi connectivity index (χ3v) is 3.75. The maximum absolute atomic E-state index is 9.57. The van der Waals surface area contributed by atoms with Gasteiger partial charge in [-0.05, 0) is 24.6 Å². The van der Waals surface area contributed by atoms with E-state index in [1.165, 1.54) is 5.56 Å². The van der Waals surface area contributed by atoms with E-state index in [1.54, 1.807) is 7.11 Å². The molecule has 3 aromatic rings. The minimum Gasteiger partial charge on any atom is -0.497 e.